The second-order valence-electron chi connectivity index (χ2n) is 4.78. The molecule has 1 aromatic carbocycles. The summed E-state index contributed by atoms with van der Waals surface area (Å²) in [4.78, 5) is 2.72. The van der Waals surface area contributed by atoms with E-state index in [2.05, 4.69) is 21.4 Å². The molecule has 20 heavy (non-hydrogen) atoms. The highest BCUT2D eigenvalue weighted by Crippen LogP contribution is 2.36. The molecule has 0 amide bonds. The molecule has 104 valence electrons. The lowest BCUT2D eigenvalue weighted by atomic mass is 9.77. The van der Waals surface area contributed by atoms with Gasteiger partial charge in [0.25, 0.3) is 0 Å². The van der Waals surface area contributed by atoms with E-state index in [4.69, 9.17) is 10.3 Å². The van der Waals surface area contributed by atoms with Crippen LogP contribution in [0.1, 0.15) is 24.0 Å². The molecule has 0 spiro atoms. The van der Waals surface area contributed by atoms with E-state index in [-0.39, 0.29) is 0 Å². The van der Waals surface area contributed by atoms with Gasteiger partial charge in [0.15, 0.2) is 0 Å². The molecule has 0 radical (unpaired) electrons. The van der Waals surface area contributed by atoms with Crippen molar-refractivity contribution in [2.24, 2.45) is 5.11 Å². The average Bonchev–Trinajstić information content (AvgIpc) is 2.51. The summed E-state index contributed by atoms with van der Waals surface area (Å²) < 4.78 is 5.24. The molecule has 1 N–H and O–H groups in total. The average molecular weight is 271 g/mol. The number of azide groups is 1. The molecule has 6 heteroatoms. The summed E-state index contributed by atoms with van der Waals surface area (Å²) in [6, 6.07) is 8.23. The van der Waals surface area contributed by atoms with Crippen LogP contribution in [0.5, 0.6) is 5.75 Å². The smallest absolute Gasteiger partial charge is 0.132 e. The summed E-state index contributed by atoms with van der Waals surface area (Å²) in [7, 11) is 1.64. The monoisotopic (exact) mass is 271 g/mol. The number of fused-ring (bicyclic) bond motifs is 1. The van der Waals surface area contributed by atoms with Crippen LogP contribution in [0.15, 0.2) is 23.3 Å². The first kappa shape index (κ1) is 14.2. The van der Waals surface area contributed by atoms with Gasteiger partial charge in [0.1, 0.15) is 11.3 Å². The Morgan fingerprint density at radius 1 is 1.60 bits per heavy atom. The highest BCUT2D eigenvalue weighted by atomic mass is 16.5. The summed E-state index contributed by atoms with van der Waals surface area (Å²) in [5.74, 6) is 0.812. The summed E-state index contributed by atoms with van der Waals surface area (Å²) in [6.07, 6.45) is 2.66. The van der Waals surface area contributed by atoms with Gasteiger partial charge in [0.2, 0.25) is 0 Å². The number of aryl methyl sites for hydroxylation is 1. The van der Waals surface area contributed by atoms with Gasteiger partial charge in [0, 0.05) is 18.0 Å². The van der Waals surface area contributed by atoms with Gasteiger partial charge >= 0.3 is 0 Å². The van der Waals surface area contributed by atoms with Crippen LogP contribution in [0.2, 0.25) is 0 Å². The van der Waals surface area contributed by atoms with Crippen molar-refractivity contribution in [1.82, 2.24) is 5.32 Å². The number of nitrogens with one attached hydrogen (secondary N) is 1. The number of nitrogens with zero attached hydrogens (tertiary/aromatic N) is 4. The summed E-state index contributed by atoms with van der Waals surface area (Å²) in [5, 5.41) is 16.4. The minimum absolute atomic E-state index is 0.339. The highest BCUT2D eigenvalue weighted by Gasteiger charge is 2.36. The van der Waals surface area contributed by atoms with Crippen molar-refractivity contribution in [3.05, 3.63) is 39.8 Å². The summed E-state index contributed by atoms with van der Waals surface area (Å²) >= 11 is 0. The minimum atomic E-state index is -0.690. The fraction of sp³-hybridized carbons (Fsp3) is 0.500. The molecule has 0 fully saturated rings. The van der Waals surface area contributed by atoms with Gasteiger partial charge in [-0.15, -0.1) is 0 Å². The van der Waals surface area contributed by atoms with Crippen LogP contribution in [0.4, 0.5) is 0 Å². The second kappa shape index (κ2) is 6.29. The third kappa shape index (κ3) is 2.69. The maximum Gasteiger partial charge on any atom is 0.132 e. The molecule has 1 unspecified atom stereocenters. The van der Waals surface area contributed by atoms with E-state index in [0.29, 0.717) is 13.1 Å². The molecule has 2 rings (SSSR count). The summed E-state index contributed by atoms with van der Waals surface area (Å²) in [6.45, 7) is 0.828. The number of rotatable bonds is 5. The third-order valence-corrected chi connectivity index (χ3v) is 3.66. The van der Waals surface area contributed by atoms with Gasteiger partial charge in [0.05, 0.1) is 13.2 Å². The molecule has 0 aromatic heterocycles. The normalized spacial score (nSPS) is 20.4. The van der Waals surface area contributed by atoms with E-state index in [1.807, 2.05) is 18.2 Å². The Hall–Kier alpha value is -2.22. The van der Waals surface area contributed by atoms with Crippen molar-refractivity contribution in [3.63, 3.8) is 0 Å². The first-order valence-corrected chi connectivity index (χ1v) is 6.60. The predicted octanol–water partition coefficient (Wildman–Crippen LogP) is 2.65. The van der Waals surface area contributed by atoms with Gasteiger partial charge in [-0.05, 0) is 48.1 Å². The maximum atomic E-state index is 9.62. The Morgan fingerprint density at radius 3 is 3.15 bits per heavy atom. The van der Waals surface area contributed by atoms with Crippen LogP contribution in [-0.2, 0) is 12.0 Å². The topological polar surface area (TPSA) is 93.8 Å². The third-order valence-electron chi connectivity index (χ3n) is 3.66. The van der Waals surface area contributed by atoms with Crippen LogP contribution in [-0.4, -0.2) is 20.2 Å². The number of hydrogen-bond acceptors (Lipinski definition) is 4. The van der Waals surface area contributed by atoms with Gasteiger partial charge < -0.3 is 4.74 Å². The molecule has 0 saturated heterocycles. The van der Waals surface area contributed by atoms with Crippen molar-refractivity contribution in [2.45, 2.75) is 24.8 Å². The van der Waals surface area contributed by atoms with Gasteiger partial charge in [-0.25, -0.2) is 0 Å². The van der Waals surface area contributed by atoms with E-state index in [0.717, 1.165) is 36.1 Å². The first-order chi connectivity index (χ1) is 9.75. The second-order valence-corrected chi connectivity index (χ2v) is 4.78. The Bertz CT molecular complexity index is 573. The number of methoxy groups -OCH3 is 1. The van der Waals surface area contributed by atoms with Crippen LogP contribution in [0.25, 0.3) is 10.4 Å². The van der Waals surface area contributed by atoms with E-state index in [9.17, 15) is 5.26 Å². The standard InChI is InChI=1S/C14H17N5O/c1-20-12-4-5-13-11(9-12)3-2-6-14(13,10-15)17-7-8-18-19-16/h4-5,9,17H,2-3,6-8H2,1H3. The van der Waals surface area contributed by atoms with Crippen LogP contribution >= 0.6 is 0 Å². The molecule has 0 bridgehead atoms. The molecule has 0 saturated carbocycles. The lowest BCUT2D eigenvalue weighted by Gasteiger charge is -2.34. The lowest BCUT2D eigenvalue weighted by molar-refractivity contribution is 0.367. The molecule has 6 nitrogen and oxygen atoms in total. The fourth-order valence-corrected chi connectivity index (χ4v) is 2.70. The zero-order chi connectivity index (χ0) is 14.4. The lowest BCUT2D eigenvalue weighted by Crippen LogP contribution is -2.44. The molecule has 0 aliphatic heterocycles. The zero-order valence-corrected chi connectivity index (χ0v) is 11.5. The predicted molar refractivity (Wildman–Crippen MR) is 75.2 cm³/mol. The Morgan fingerprint density at radius 2 is 2.45 bits per heavy atom. The number of benzene rings is 1. The van der Waals surface area contributed by atoms with Gasteiger partial charge in [-0.1, -0.05) is 11.2 Å². The molecule has 1 atom stereocenters. The minimum Gasteiger partial charge on any atom is -0.497 e. The van der Waals surface area contributed by atoms with E-state index in [1.165, 1.54) is 0 Å². The van der Waals surface area contributed by atoms with Crippen molar-refractivity contribution in [2.75, 3.05) is 20.2 Å². The molecular weight excluding hydrogens is 254 g/mol. The molecule has 1 aliphatic carbocycles. The van der Waals surface area contributed by atoms with Crippen molar-refractivity contribution in [3.8, 4) is 11.8 Å². The quantitative estimate of drug-likeness (QED) is 0.386. The van der Waals surface area contributed by atoms with E-state index in [1.54, 1.807) is 7.11 Å². The zero-order valence-electron chi connectivity index (χ0n) is 11.5. The largest absolute Gasteiger partial charge is 0.497 e. The first-order valence-electron chi connectivity index (χ1n) is 6.60. The maximum absolute atomic E-state index is 9.62. The Balaban J connectivity index is 2.28. The van der Waals surface area contributed by atoms with Gasteiger partial charge in [-0.3, -0.25) is 5.32 Å². The number of hydrogen-bond donors (Lipinski definition) is 1. The number of ether oxygens (including phenoxy) is 1. The van der Waals surface area contributed by atoms with Crippen LogP contribution < -0.4 is 10.1 Å². The van der Waals surface area contributed by atoms with Crippen molar-refractivity contribution >= 4 is 0 Å². The van der Waals surface area contributed by atoms with Crippen molar-refractivity contribution < 1.29 is 4.74 Å². The SMILES string of the molecule is COc1ccc2c(c1)CCCC2(C#N)NCCN=[N+]=[N-]. The summed E-state index contributed by atoms with van der Waals surface area (Å²) in [5.41, 5.74) is 9.76. The molecule has 1 aliphatic rings. The van der Waals surface area contributed by atoms with Crippen LogP contribution in [0.3, 0.4) is 0 Å². The molecular formula is C14H17N5O. The fourth-order valence-electron chi connectivity index (χ4n) is 2.70. The van der Waals surface area contributed by atoms with E-state index < -0.39 is 5.54 Å². The molecule has 0 heterocycles. The van der Waals surface area contributed by atoms with Crippen LogP contribution in [0, 0.1) is 11.3 Å². The Labute approximate surface area is 118 Å². The van der Waals surface area contributed by atoms with E-state index >= 15 is 0 Å². The highest BCUT2D eigenvalue weighted by molar-refractivity contribution is 5.45. The van der Waals surface area contributed by atoms with Crippen molar-refractivity contribution in [1.29, 1.82) is 5.26 Å². The number of nitriles is 1. The Kier molecular flexibility index (Phi) is 4.46. The molecule has 1 aromatic rings. The van der Waals surface area contributed by atoms with Gasteiger partial charge in [-0.2, -0.15) is 5.26 Å².